The van der Waals surface area contributed by atoms with Crippen molar-refractivity contribution in [2.45, 2.75) is 43.9 Å². The number of β-lactam (4-membered cyclic amide) rings is 1. The lowest BCUT2D eigenvalue weighted by Gasteiger charge is -2.52. The van der Waals surface area contributed by atoms with Crippen LogP contribution in [0.15, 0.2) is 11.8 Å². The normalized spacial score (nSPS) is 35.5. The van der Waals surface area contributed by atoms with Crippen LogP contribution in [-0.4, -0.2) is 41.4 Å². The molecule has 2 heterocycles. The smallest absolute Gasteiger partial charge is 0.352 e. The van der Waals surface area contributed by atoms with E-state index in [1.54, 1.807) is 0 Å². The molecular weight excluding hydrogens is 306 g/mol. The molecule has 2 saturated carbocycles. The maximum atomic E-state index is 12.6. The molecule has 0 spiro atoms. The van der Waals surface area contributed by atoms with Gasteiger partial charge in [0, 0.05) is 0 Å². The van der Waals surface area contributed by atoms with Crippen LogP contribution in [0.25, 0.3) is 0 Å². The summed E-state index contributed by atoms with van der Waals surface area (Å²) in [6.07, 6.45) is 7.39. The molecule has 1 N–H and O–H groups in total. The Kier molecular flexibility index (Phi) is 2.81. The maximum Gasteiger partial charge on any atom is 0.352 e. The highest BCUT2D eigenvalue weighted by Gasteiger charge is 2.70. The molecule has 120 valence electrons. The summed E-state index contributed by atoms with van der Waals surface area (Å²) >= 11 is 0. The summed E-state index contributed by atoms with van der Waals surface area (Å²) in [4.78, 5) is 24.9. The number of nitrogens with zero attached hydrogens (tertiary/aromatic N) is 1. The van der Waals surface area contributed by atoms with Gasteiger partial charge < -0.3 is 5.11 Å². The van der Waals surface area contributed by atoms with Crippen LogP contribution in [0.5, 0.6) is 0 Å². The molecule has 4 rings (SSSR count). The van der Waals surface area contributed by atoms with Crippen LogP contribution in [0, 0.1) is 17.3 Å². The predicted molar refractivity (Wildman–Crippen MR) is 77.3 cm³/mol. The molecule has 2 aliphatic carbocycles. The van der Waals surface area contributed by atoms with Crippen molar-refractivity contribution in [1.29, 1.82) is 0 Å². The quantitative estimate of drug-likeness (QED) is 0.786. The van der Waals surface area contributed by atoms with Gasteiger partial charge in [0.25, 0.3) is 0 Å². The monoisotopic (exact) mass is 325 g/mol. The Hall–Kier alpha value is -1.37. The van der Waals surface area contributed by atoms with Gasteiger partial charge in [-0.15, -0.1) is 0 Å². The van der Waals surface area contributed by atoms with E-state index in [1.807, 2.05) is 0 Å². The number of rotatable bonds is 3. The van der Waals surface area contributed by atoms with E-state index in [0.29, 0.717) is 5.92 Å². The fraction of sp³-hybridized carbons (Fsp3) is 0.733. The molecule has 3 fully saturated rings. The van der Waals surface area contributed by atoms with Gasteiger partial charge in [0.05, 0.1) is 11.7 Å². The second-order valence-corrected chi connectivity index (χ2v) is 9.16. The largest absolute Gasteiger partial charge is 0.477 e. The lowest BCUT2D eigenvalue weighted by atomic mass is 9.72. The molecule has 4 aliphatic rings. The van der Waals surface area contributed by atoms with E-state index in [9.17, 15) is 23.1 Å². The van der Waals surface area contributed by atoms with Crippen molar-refractivity contribution in [2.24, 2.45) is 17.3 Å². The molecule has 2 atom stereocenters. The van der Waals surface area contributed by atoms with Crippen molar-refractivity contribution >= 4 is 21.7 Å². The first kappa shape index (κ1) is 14.2. The van der Waals surface area contributed by atoms with E-state index < -0.39 is 27.1 Å². The van der Waals surface area contributed by atoms with Crippen LogP contribution in [0.1, 0.15) is 38.5 Å². The van der Waals surface area contributed by atoms with Gasteiger partial charge in [0.2, 0.25) is 5.91 Å². The standard InChI is InChI=1S/C15H19NO5S/c17-12-11(15(6-7-15)9-3-1-2-4-9)13-16(12)10(14(18)19)5-8-22(13,20)21/h5,9,11,13H,1-4,6-8H2,(H,18,19)/t11?,13-/m0/s1. The number of carbonyl (C=O) groups is 2. The maximum absolute atomic E-state index is 12.6. The average Bonchev–Trinajstić information content (AvgIpc) is 3.02. The first-order valence-corrected chi connectivity index (χ1v) is 9.58. The summed E-state index contributed by atoms with van der Waals surface area (Å²) in [5, 5.41) is 8.26. The highest BCUT2D eigenvalue weighted by atomic mass is 32.2. The minimum absolute atomic E-state index is 0.164. The minimum atomic E-state index is -3.48. The Labute approximate surface area is 129 Å². The second-order valence-electron chi connectivity index (χ2n) is 7.02. The van der Waals surface area contributed by atoms with Gasteiger partial charge in [-0.3, -0.25) is 9.69 Å². The average molecular weight is 325 g/mol. The number of carboxylic acids is 1. The zero-order valence-electron chi connectivity index (χ0n) is 12.2. The lowest BCUT2D eigenvalue weighted by molar-refractivity contribution is -0.158. The van der Waals surface area contributed by atoms with Gasteiger partial charge in [-0.1, -0.05) is 12.8 Å². The Balaban J connectivity index is 1.71. The van der Waals surface area contributed by atoms with Crippen LogP contribution in [0.4, 0.5) is 0 Å². The minimum Gasteiger partial charge on any atom is -0.477 e. The highest BCUT2D eigenvalue weighted by molar-refractivity contribution is 7.92. The number of amides is 1. The first-order chi connectivity index (χ1) is 10.4. The molecule has 0 aromatic carbocycles. The molecule has 1 unspecified atom stereocenters. The van der Waals surface area contributed by atoms with E-state index in [1.165, 1.54) is 0 Å². The lowest BCUT2D eigenvalue weighted by Crippen LogP contribution is -2.69. The Bertz CT molecular complexity index is 685. The topological polar surface area (TPSA) is 91.7 Å². The van der Waals surface area contributed by atoms with Gasteiger partial charge in [-0.25, -0.2) is 13.2 Å². The van der Waals surface area contributed by atoms with Crippen molar-refractivity contribution in [3.05, 3.63) is 11.8 Å². The Morgan fingerprint density at radius 2 is 1.91 bits per heavy atom. The summed E-state index contributed by atoms with van der Waals surface area (Å²) in [6.45, 7) is 0. The molecule has 22 heavy (non-hydrogen) atoms. The van der Waals surface area contributed by atoms with Crippen molar-refractivity contribution in [3.63, 3.8) is 0 Å². The van der Waals surface area contributed by atoms with Crippen molar-refractivity contribution < 1.29 is 23.1 Å². The molecule has 1 saturated heterocycles. The van der Waals surface area contributed by atoms with Crippen LogP contribution in [0.3, 0.4) is 0 Å². The molecule has 0 radical (unpaired) electrons. The summed E-state index contributed by atoms with van der Waals surface area (Å²) in [5.74, 6) is -1.90. The number of hydrogen-bond acceptors (Lipinski definition) is 4. The molecule has 0 aromatic rings. The summed E-state index contributed by atoms with van der Waals surface area (Å²) in [6, 6.07) is 0. The fourth-order valence-electron chi connectivity index (χ4n) is 4.82. The van der Waals surface area contributed by atoms with Crippen molar-refractivity contribution in [3.8, 4) is 0 Å². The van der Waals surface area contributed by atoms with E-state index >= 15 is 0 Å². The van der Waals surface area contributed by atoms with Crippen LogP contribution in [-0.2, 0) is 19.4 Å². The molecule has 1 amide bonds. The Morgan fingerprint density at radius 1 is 1.27 bits per heavy atom. The Morgan fingerprint density at radius 3 is 2.45 bits per heavy atom. The zero-order valence-corrected chi connectivity index (χ0v) is 13.0. The second kappa shape index (κ2) is 4.34. The molecule has 2 aliphatic heterocycles. The molecule has 0 bridgehead atoms. The van der Waals surface area contributed by atoms with E-state index in [2.05, 4.69) is 0 Å². The van der Waals surface area contributed by atoms with Crippen molar-refractivity contribution in [1.82, 2.24) is 4.90 Å². The highest BCUT2D eigenvalue weighted by Crippen LogP contribution is 2.66. The summed E-state index contributed by atoms with van der Waals surface area (Å²) in [7, 11) is -3.48. The molecular formula is C15H19NO5S. The predicted octanol–water partition coefficient (Wildman–Crippen LogP) is 1.14. The van der Waals surface area contributed by atoms with E-state index in [-0.39, 0.29) is 22.8 Å². The molecule has 6 nitrogen and oxygen atoms in total. The number of carboxylic acid groups (broad SMARTS) is 1. The summed E-state index contributed by atoms with van der Waals surface area (Å²) in [5.41, 5.74) is -0.341. The zero-order chi connectivity index (χ0) is 15.7. The van der Waals surface area contributed by atoms with Gasteiger partial charge in [0.15, 0.2) is 15.2 Å². The fourth-order valence-corrected chi connectivity index (χ4v) is 6.75. The number of sulfone groups is 1. The van der Waals surface area contributed by atoms with Crippen LogP contribution in [0.2, 0.25) is 0 Å². The number of carbonyl (C=O) groups excluding carboxylic acids is 1. The molecule has 0 aromatic heterocycles. The number of fused-ring (bicyclic) bond motifs is 1. The third-order valence-corrected chi connectivity index (χ3v) is 7.86. The van der Waals surface area contributed by atoms with Crippen LogP contribution < -0.4 is 0 Å². The third-order valence-electron chi connectivity index (χ3n) is 6.01. The van der Waals surface area contributed by atoms with Gasteiger partial charge in [-0.2, -0.15) is 0 Å². The van der Waals surface area contributed by atoms with E-state index in [0.717, 1.165) is 49.5 Å². The number of aliphatic carboxylic acids is 1. The summed E-state index contributed by atoms with van der Waals surface area (Å²) < 4.78 is 24.9. The third kappa shape index (κ3) is 1.68. The van der Waals surface area contributed by atoms with Gasteiger partial charge in [0.1, 0.15) is 5.70 Å². The van der Waals surface area contributed by atoms with Gasteiger partial charge in [-0.05, 0) is 43.1 Å². The van der Waals surface area contributed by atoms with Gasteiger partial charge >= 0.3 is 5.97 Å². The first-order valence-electron chi connectivity index (χ1n) is 7.86. The number of hydrogen-bond donors (Lipinski definition) is 1. The molecule has 7 heteroatoms. The van der Waals surface area contributed by atoms with E-state index in [4.69, 9.17) is 0 Å². The van der Waals surface area contributed by atoms with Crippen LogP contribution >= 0.6 is 0 Å². The SMILES string of the molecule is O=C(O)C1=CCS(=O)(=O)[C@H]2C(C3(C4CCCC4)CC3)C(=O)N12. The van der Waals surface area contributed by atoms with Crippen molar-refractivity contribution in [2.75, 3.05) is 5.75 Å².